The zero-order valence-corrected chi connectivity index (χ0v) is 11.0. The number of hydrogen-bond acceptors (Lipinski definition) is 2. The number of esters is 1. The van der Waals surface area contributed by atoms with Crippen LogP contribution in [-0.4, -0.2) is 13.1 Å². The van der Waals surface area contributed by atoms with Crippen molar-refractivity contribution in [1.82, 2.24) is 0 Å². The van der Waals surface area contributed by atoms with Gasteiger partial charge in [-0.3, -0.25) is 4.79 Å². The fraction of sp³-hybridized carbons (Fsp3) is 0.182. The summed E-state index contributed by atoms with van der Waals surface area (Å²) in [6.07, 6.45) is 4.01. The molecule has 1 aromatic carbocycles. The summed E-state index contributed by atoms with van der Waals surface area (Å²) in [5.41, 5.74) is 1.95. The summed E-state index contributed by atoms with van der Waals surface area (Å²) in [5, 5.41) is 0. The van der Waals surface area contributed by atoms with Gasteiger partial charge in [-0.1, -0.05) is 6.92 Å². The molecule has 1 rings (SSSR count). The average molecular weight is 263 g/mol. The molecule has 0 N–H and O–H groups in total. The van der Waals surface area contributed by atoms with Crippen molar-refractivity contribution >= 4 is 12.0 Å². The smallest absolute Gasteiger partial charge is 0.228 e. The van der Waals surface area contributed by atoms with Gasteiger partial charge < -0.3 is 16.4 Å². The van der Waals surface area contributed by atoms with Gasteiger partial charge in [0.1, 0.15) is 0 Å². The first-order chi connectivity index (χ1) is 6.22. The van der Waals surface area contributed by atoms with Crippen LogP contribution in [0.1, 0.15) is 11.1 Å². The molecule has 1 aromatic rings. The Morgan fingerprint density at radius 1 is 1.64 bits per heavy atom. The normalized spacial score (nSPS) is 9.57. The molecule has 0 aromatic heterocycles. The van der Waals surface area contributed by atoms with E-state index in [1.165, 1.54) is 7.11 Å². The molecule has 0 atom stereocenters. The van der Waals surface area contributed by atoms with Crippen LogP contribution < -0.4 is 0 Å². The minimum atomic E-state index is -0.477. The average Bonchev–Trinajstić information content (AvgIpc) is 2.14. The van der Waals surface area contributed by atoms with E-state index >= 15 is 0 Å². The molecule has 2 nitrogen and oxygen atoms in total. The summed E-state index contributed by atoms with van der Waals surface area (Å²) in [6, 6.07) is 8.62. The van der Waals surface area contributed by atoms with Crippen molar-refractivity contribution in [2.75, 3.05) is 7.11 Å². The zero-order chi connectivity index (χ0) is 9.68. The summed E-state index contributed by atoms with van der Waals surface area (Å²) in [7, 11) is 1.32. The van der Waals surface area contributed by atoms with Crippen LogP contribution >= 0.6 is 0 Å². The second-order valence-electron chi connectivity index (χ2n) is 2.60. The molecular formula is C11H10O2Y-2. The molecule has 0 aliphatic rings. The standard InChI is InChI=1S/C11H10O2.Y/c1-9-4-3-5-10(8-9)6-7-11(12)13-2;/h3-4,6,8H,1-2H3;/q-2;. The minimum absolute atomic E-state index is 0. The predicted octanol–water partition coefficient (Wildman–Crippen LogP) is 1.78. The Hall–Kier alpha value is -0.466. The predicted molar refractivity (Wildman–Crippen MR) is 49.7 cm³/mol. The summed E-state index contributed by atoms with van der Waals surface area (Å²) < 4.78 is 4.41. The van der Waals surface area contributed by atoms with Crippen molar-refractivity contribution in [2.24, 2.45) is 0 Å². The number of methoxy groups -OCH3 is 1. The fourth-order valence-electron chi connectivity index (χ4n) is 0.883. The van der Waals surface area contributed by atoms with Gasteiger partial charge >= 0.3 is 0 Å². The number of aryl methyl sites for hydroxylation is 1. The van der Waals surface area contributed by atoms with E-state index in [1.807, 2.05) is 19.1 Å². The van der Waals surface area contributed by atoms with Gasteiger partial charge in [-0.05, 0) is 0 Å². The van der Waals surface area contributed by atoms with Crippen LogP contribution in [0.5, 0.6) is 0 Å². The maximum Gasteiger partial charge on any atom is 0.228 e. The maximum absolute atomic E-state index is 10.7. The number of benzene rings is 1. The Morgan fingerprint density at radius 3 is 2.93 bits per heavy atom. The zero-order valence-electron chi connectivity index (χ0n) is 8.20. The molecule has 0 heterocycles. The van der Waals surface area contributed by atoms with Gasteiger partial charge in [-0.2, -0.15) is 11.6 Å². The molecule has 3 heteroatoms. The van der Waals surface area contributed by atoms with Crippen LogP contribution in [0.4, 0.5) is 0 Å². The third-order valence-corrected chi connectivity index (χ3v) is 1.51. The van der Waals surface area contributed by atoms with Crippen LogP contribution in [0.2, 0.25) is 0 Å². The fourth-order valence-corrected chi connectivity index (χ4v) is 0.883. The summed E-state index contributed by atoms with van der Waals surface area (Å²) in [4.78, 5) is 10.7. The first-order valence-corrected chi connectivity index (χ1v) is 3.88. The first-order valence-electron chi connectivity index (χ1n) is 3.88. The van der Waals surface area contributed by atoms with E-state index < -0.39 is 5.97 Å². The van der Waals surface area contributed by atoms with E-state index in [4.69, 9.17) is 0 Å². The second kappa shape index (κ2) is 6.91. The molecule has 0 unspecified atom stereocenters. The quantitative estimate of drug-likeness (QED) is 0.462. The van der Waals surface area contributed by atoms with E-state index in [1.54, 1.807) is 12.1 Å². The van der Waals surface area contributed by atoms with E-state index in [0.29, 0.717) is 0 Å². The van der Waals surface area contributed by atoms with E-state index in [2.05, 4.69) is 16.9 Å². The Bertz CT molecular complexity index is 332. The molecule has 0 amide bonds. The third kappa shape index (κ3) is 4.68. The number of carbonyl (C=O) groups excluding carboxylic acids is 1. The topological polar surface area (TPSA) is 26.3 Å². The summed E-state index contributed by atoms with van der Waals surface area (Å²) >= 11 is 0. The number of ether oxygens (including phenoxy) is 1. The van der Waals surface area contributed by atoms with Gasteiger partial charge in [0.2, 0.25) is 5.97 Å². The molecule has 1 radical (unpaired) electrons. The van der Waals surface area contributed by atoms with Crippen molar-refractivity contribution in [3.63, 3.8) is 0 Å². The van der Waals surface area contributed by atoms with E-state index in [-0.39, 0.29) is 32.7 Å². The van der Waals surface area contributed by atoms with Crippen molar-refractivity contribution < 1.29 is 42.2 Å². The minimum Gasteiger partial charge on any atom is -0.480 e. The molecule has 0 saturated carbocycles. The monoisotopic (exact) mass is 263 g/mol. The van der Waals surface area contributed by atoms with Gasteiger partial charge in [-0.15, -0.1) is 6.07 Å². The van der Waals surface area contributed by atoms with Crippen molar-refractivity contribution in [3.05, 3.63) is 41.5 Å². The Morgan fingerprint density at radius 2 is 2.36 bits per heavy atom. The maximum atomic E-state index is 10.7. The van der Waals surface area contributed by atoms with Gasteiger partial charge in [0.15, 0.2) is 0 Å². The largest absolute Gasteiger partial charge is 0.480 e. The Labute approximate surface area is 109 Å². The molecule has 71 valence electrons. The molecule has 0 bridgehead atoms. The summed E-state index contributed by atoms with van der Waals surface area (Å²) in [6.45, 7) is 1.98. The van der Waals surface area contributed by atoms with Crippen LogP contribution in [0.15, 0.2) is 18.2 Å². The van der Waals surface area contributed by atoms with Crippen LogP contribution in [0, 0.1) is 19.1 Å². The SMILES string of the molecule is COC(=O)[C-]=Cc1[c-]ccc(C)c1.[Y]. The van der Waals surface area contributed by atoms with E-state index in [9.17, 15) is 4.79 Å². The second-order valence-corrected chi connectivity index (χ2v) is 2.60. The van der Waals surface area contributed by atoms with Crippen LogP contribution in [-0.2, 0) is 42.2 Å². The molecule has 0 saturated heterocycles. The Kier molecular flexibility index (Phi) is 6.68. The molecular weight excluding hydrogens is 253 g/mol. The van der Waals surface area contributed by atoms with Gasteiger partial charge in [0.05, 0.1) is 7.11 Å². The molecule has 14 heavy (non-hydrogen) atoms. The molecule has 0 fully saturated rings. The van der Waals surface area contributed by atoms with Crippen molar-refractivity contribution in [3.8, 4) is 0 Å². The number of hydrogen-bond donors (Lipinski definition) is 0. The van der Waals surface area contributed by atoms with Gasteiger partial charge in [0, 0.05) is 32.7 Å². The van der Waals surface area contributed by atoms with Crippen LogP contribution in [0.3, 0.4) is 0 Å². The van der Waals surface area contributed by atoms with Gasteiger partial charge in [-0.25, -0.2) is 18.2 Å². The number of carbonyl (C=O) groups is 1. The molecule has 0 aliphatic carbocycles. The third-order valence-electron chi connectivity index (χ3n) is 1.51. The molecule has 0 aliphatic heterocycles. The van der Waals surface area contributed by atoms with Crippen molar-refractivity contribution in [2.45, 2.75) is 6.92 Å². The first kappa shape index (κ1) is 13.5. The molecule has 0 spiro atoms. The number of rotatable bonds is 2. The van der Waals surface area contributed by atoms with E-state index in [0.717, 1.165) is 11.1 Å². The Balaban J connectivity index is 0.00000169. The van der Waals surface area contributed by atoms with Crippen molar-refractivity contribution in [1.29, 1.82) is 0 Å². The summed E-state index contributed by atoms with van der Waals surface area (Å²) in [5.74, 6) is -0.477. The van der Waals surface area contributed by atoms with Crippen LogP contribution in [0.25, 0.3) is 6.08 Å². The van der Waals surface area contributed by atoms with Gasteiger partial charge in [0.25, 0.3) is 0 Å².